The Bertz CT molecular complexity index is 660. The van der Waals surface area contributed by atoms with E-state index in [0.29, 0.717) is 22.1 Å². The molecule has 0 unspecified atom stereocenters. The number of halogens is 1. The Morgan fingerprint density at radius 2 is 1.76 bits per heavy atom. The fourth-order valence-electron chi connectivity index (χ4n) is 1.83. The lowest BCUT2D eigenvalue weighted by molar-refractivity contribution is 0.104. The maximum atomic E-state index is 12.1. The van der Waals surface area contributed by atoms with Crippen LogP contribution in [0.25, 0.3) is 6.08 Å². The first-order chi connectivity index (χ1) is 10.1. The van der Waals surface area contributed by atoms with Gasteiger partial charge in [0.25, 0.3) is 0 Å². The number of methoxy groups -OCH3 is 2. The van der Waals surface area contributed by atoms with E-state index in [1.807, 2.05) is 12.1 Å². The van der Waals surface area contributed by atoms with E-state index in [4.69, 9.17) is 21.1 Å². The van der Waals surface area contributed by atoms with Crippen LogP contribution in [-0.2, 0) is 0 Å². The van der Waals surface area contributed by atoms with Gasteiger partial charge >= 0.3 is 0 Å². The number of allylic oxidation sites excluding steroid dienone is 1. The predicted molar refractivity (Wildman–Crippen MR) is 84.4 cm³/mol. The summed E-state index contributed by atoms with van der Waals surface area (Å²) in [7, 11) is 3.17. The normalized spacial score (nSPS) is 10.6. The van der Waals surface area contributed by atoms with Gasteiger partial charge in [-0.05, 0) is 48.6 Å². The largest absolute Gasteiger partial charge is 0.497 e. The minimum Gasteiger partial charge on any atom is -0.497 e. The molecular formula is C17H15ClO3. The first-order valence-electron chi connectivity index (χ1n) is 6.34. The van der Waals surface area contributed by atoms with Crippen molar-refractivity contribution in [1.29, 1.82) is 0 Å². The van der Waals surface area contributed by atoms with E-state index in [-0.39, 0.29) is 5.78 Å². The molecule has 2 aromatic rings. The van der Waals surface area contributed by atoms with Crippen LogP contribution in [0.5, 0.6) is 11.5 Å². The first-order valence-corrected chi connectivity index (χ1v) is 6.72. The molecular weight excluding hydrogens is 288 g/mol. The van der Waals surface area contributed by atoms with E-state index in [2.05, 4.69) is 0 Å². The van der Waals surface area contributed by atoms with Crippen molar-refractivity contribution in [3.63, 3.8) is 0 Å². The minimum atomic E-state index is -0.0930. The standard InChI is InChI=1S/C17H15ClO3/c1-20-15-9-5-13(17(11-15)21-2)6-10-16(19)12-3-7-14(18)8-4-12/h3-11H,1-2H3/b10-6+. The van der Waals surface area contributed by atoms with Crippen LogP contribution in [0.15, 0.2) is 48.5 Å². The van der Waals surface area contributed by atoms with Gasteiger partial charge in [-0.3, -0.25) is 4.79 Å². The minimum absolute atomic E-state index is 0.0930. The van der Waals surface area contributed by atoms with Crippen molar-refractivity contribution in [2.75, 3.05) is 14.2 Å². The average Bonchev–Trinajstić information content (AvgIpc) is 2.53. The van der Waals surface area contributed by atoms with Gasteiger partial charge in [0.2, 0.25) is 0 Å². The van der Waals surface area contributed by atoms with Gasteiger partial charge in [-0.1, -0.05) is 11.6 Å². The second-order valence-corrected chi connectivity index (χ2v) is 4.75. The molecule has 0 N–H and O–H groups in total. The molecule has 3 nitrogen and oxygen atoms in total. The van der Waals surface area contributed by atoms with Gasteiger partial charge < -0.3 is 9.47 Å². The average molecular weight is 303 g/mol. The highest BCUT2D eigenvalue weighted by Crippen LogP contribution is 2.25. The molecule has 4 heteroatoms. The first kappa shape index (κ1) is 15.1. The third-order valence-corrected chi connectivity index (χ3v) is 3.24. The fourth-order valence-corrected chi connectivity index (χ4v) is 1.96. The summed E-state index contributed by atoms with van der Waals surface area (Å²) >= 11 is 5.80. The van der Waals surface area contributed by atoms with E-state index in [1.54, 1.807) is 50.6 Å². The number of benzene rings is 2. The lowest BCUT2D eigenvalue weighted by Gasteiger charge is -2.07. The number of carbonyl (C=O) groups is 1. The molecule has 2 aromatic carbocycles. The third kappa shape index (κ3) is 3.86. The maximum Gasteiger partial charge on any atom is 0.185 e. The number of ether oxygens (including phenoxy) is 2. The Hall–Kier alpha value is -2.26. The van der Waals surface area contributed by atoms with Crippen LogP contribution in [0, 0.1) is 0 Å². The second-order valence-electron chi connectivity index (χ2n) is 4.31. The van der Waals surface area contributed by atoms with Gasteiger partial charge in [0.1, 0.15) is 11.5 Å². The summed E-state index contributed by atoms with van der Waals surface area (Å²) in [6.45, 7) is 0. The Balaban J connectivity index is 2.20. The number of rotatable bonds is 5. The molecule has 0 bridgehead atoms. The Morgan fingerprint density at radius 1 is 1.05 bits per heavy atom. The quantitative estimate of drug-likeness (QED) is 0.612. The highest BCUT2D eigenvalue weighted by Gasteiger charge is 2.04. The van der Waals surface area contributed by atoms with Gasteiger partial charge in [-0.2, -0.15) is 0 Å². The van der Waals surface area contributed by atoms with Crippen LogP contribution in [0.4, 0.5) is 0 Å². The third-order valence-electron chi connectivity index (χ3n) is 2.98. The molecule has 0 saturated heterocycles. The van der Waals surface area contributed by atoms with Crippen LogP contribution in [0.3, 0.4) is 0 Å². The molecule has 0 heterocycles. The van der Waals surface area contributed by atoms with Gasteiger partial charge in [-0.25, -0.2) is 0 Å². The lowest BCUT2D eigenvalue weighted by Crippen LogP contribution is -1.94. The molecule has 0 aromatic heterocycles. The summed E-state index contributed by atoms with van der Waals surface area (Å²) in [4.78, 5) is 12.1. The van der Waals surface area contributed by atoms with Gasteiger partial charge in [0.15, 0.2) is 5.78 Å². The van der Waals surface area contributed by atoms with Crippen molar-refractivity contribution >= 4 is 23.5 Å². The van der Waals surface area contributed by atoms with Crippen LogP contribution in [-0.4, -0.2) is 20.0 Å². The second kappa shape index (κ2) is 6.95. The lowest BCUT2D eigenvalue weighted by atomic mass is 10.1. The molecule has 0 atom stereocenters. The zero-order valence-corrected chi connectivity index (χ0v) is 12.6. The van der Waals surface area contributed by atoms with E-state index in [1.165, 1.54) is 6.08 Å². The zero-order valence-electron chi connectivity index (χ0n) is 11.8. The topological polar surface area (TPSA) is 35.5 Å². The van der Waals surface area contributed by atoms with Gasteiger partial charge in [0, 0.05) is 22.2 Å². The van der Waals surface area contributed by atoms with Crippen LogP contribution in [0.1, 0.15) is 15.9 Å². The molecule has 0 spiro atoms. The van der Waals surface area contributed by atoms with Crippen molar-refractivity contribution in [2.45, 2.75) is 0 Å². The summed E-state index contributed by atoms with van der Waals surface area (Å²) < 4.78 is 10.4. The molecule has 108 valence electrons. The van der Waals surface area contributed by atoms with Crippen molar-refractivity contribution in [2.24, 2.45) is 0 Å². The molecule has 0 aliphatic carbocycles. The summed E-state index contributed by atoms with van der Waals surface area (Å²) in [5, 5.41) is 0.604. The Labute approximate surface area is 128 Å². The van der Waals surface area contributed by atoms with E-state index >= 15 is 0 Å². The highest BCUT2D eigenvalue weighted by molar-refractivity contribution is 6.30. The predicted octanol–water partition coefficient (Wildman–Crippen LogP) is 4.25. The summed E-state index contributed by atoms with van der Waals surface area (Å²) in [6, 6.07) is 12.2. The van der Waals surface area contributed by atoms with Crippen molar-refractivity contribution in [3.8, 4) is 11.5 Å². The molecule has 0 amide bonds. The summed E-state index contributed by atoms with van der Waals surface area (Å²) in [6.07, 6.45) is 3.22. The van der Waals surface area contributed by atoms with Gasteiger partial charge in [-0.15, -0.1) is 0 Å². The van der Waals surface area contributed by atoms with Crippen molar-refractivity contribution in [1.82, 2.24) is 0 Å². The van der Waals surface area contributed by atoms with Crippen molar-refractivity contribution < 1.29 is 14.3 Å². The highest BCUT2D eigenvalue weighted by atomic mass is 35.5. The molecule has 0 aliphatic heterocycles. The van der Waals surface area contributed by atoms with Crippen LogP contribution in [0.2, 0.25) is 5.02 Å². The molecule has 0 fully saturated rings. The molecule has 21 heavy (non-hydrogen) atoms. The number of hydrogen-bond acceptors (Lipinski definition) is 3. The smallest absolute Gasteiger partial charge is 0.185 e. The fraction of sp³-hybridized carbons (Fsp3) is 0.118. The summed E-state index contributed by atoms with van der Waals surface area (Å²) in [5.41, 5.74) is 1.39. The molecule has 2 rings (SSSR count). The van der Waals surface area contributed by atoms with Crippen molar-refractivity contribution in [3.05, 3.63) is 64.7 Å². The SMILES string of the molecule is COc1ccc(/C=C/C(=O)c2ccc(Cl)cc2)c(OC)c1. The number of hydrogen-bond donors (Lipinski definition) is 0. The Morgan fingerprint density at radius 3 is 2.38 bits per heavy atom. The Kier molecular flexibility index (Phi) is 5.01. The zero-order chi connectivity index (χ0) is 15.2. The van der Waals surface area contributed by atoms with Crippen LogP contribution >= 0.6 is 11.6 Å². The maximum absolute atomic E-state index is 12.1. The van der Waals surface area contributed by atoms with E-state index < -0.39 is 0 Å². The monoisotopic (exact) mass is 302 g/mol. The van der Waals surface area contributed by atoms with Crippen LogP contribution < -0.4 is 9.47 Å². The van der Waals surface area contributed by atoms with Gasteiger partial charge in [0.05, 0.1) is 14.2 Å². The number of carbonyl (C=O) groups excluding carboxylic acids is 1. The summed E-state index contributed by atoms with van der Waals surface area (Å²) in [5.74, 6) is 1.26. The van der Waals surface area contributed by atoms with E-state index in [0.717, 1.165) is 5.56 Å². The molecule has 0 aliphatic rings. The van der Waals surface area contributed by atoms with E-state index in [9.17, 15) is 4.79 Å². The number of ketones is 1. The molecule has 0 saturated carbocycles. The molecule has 0 radical (unpaired) electrons.